The zero-order valence-corrected chi connectivity index (χ0v) is 14.0. The average molecular weight is 358 g/mol. The van der Waals surface area contributed by atoms with Crippen LogP contribution in [0.3, 0.4) is 0 Å². The van der Waals surface area contributed by atoms with E-state index < -0.39 is 17.7 Å². The molecule has 1 aromatic heterocycles. The molecule has 9 nitrogen and oxygen atoms in total. The maximum Gasteiger partial charge on any atom is 0.343 e. The summed E-state index contributed by atoms with van der Waals surface area (Å²) in [6.07, 6.45) is 1.93. The summed E-state index contributed by atoms with van der Waals surface area (Å²) in [5, 5.41) is 15.6. The van der Waals surface area contributed by atoms with Crippen molar-refractivity contribution in [1.82, 2.24) is 19.7 Å². The standard InChI is InChI=1S/C17H18N4O5/c22-15(7-10-3-4-13-11(6-10)2-1-5-26-13)20-9-14-18-19-17(25)21(14)8-12(20)16(23)24/h3-4,6,12H,1-2,5,7-9H2,(H,19,25)(H,23,24). The Labute approximate surface area is 148 Å². The molecule has 2 N–H and O–H groups in total. The molecule has 0 aliphatic carbocycles. The van der Waals surface area contributed by atoms with Crippen molar-refractivity contribution in [3.8, 4) is 5.75 Å². The van der Waals surface area contributed by atoms with Crippen LogP contribution in [0.4, 0.5) is 0 Å². The Morgan fingerprint density at radius 1 is 1.38 bits per heavy atom. The fourth-order valence-corrected chi connectivity index (χ4v) is 3.47. The van der Waals surface area contributed by atoms with Crippen molar-refractivity contribution < 1.29 is 19.4 Å². The number of ether oxygens (including phenoxy) is 1. The number of hydrogen-bond donors (Lipinski definition) is 2. The Kier molecular flexibility index (Phi) is 3.98. The fraction of sp³-hybridized carbons (Fsp3) is 0.412. The molecule has 0 spiro atoms. The van der Waals surface area contributed by atoms with Gasteiger partial charge in [0.1, 0.15) is 11.8 Å². The number of fused-ring (bicyclic) bond motifs is 2. The van der Waals surface area contributed by atoms with Crippen LogP contribution in [0, 0.1) is 0 Å². The number of H-pyrrole nitrogens is 1. The maximum atomic E-state index is 12.8. The number of carboxylic acids is 1. The van der Waals surface area contributed by atoms with Crippen LogP contribution in [0.2, 0.25) is 0 Å². The first-order valence-electron chi connectivity index (χ1n) is 8.44. The van der Waals surface area contributed by atoms with Crippen molar-refractivity contribution in [2.45, 2.75) is 38.4 Å². The molecule has 26 heavy (non-hydrogen) atoms. The topological polar surface area (TPSA) is 118 Å². The van der Waals surface area contributed by atoms with Crippen LogP contribution in [0.25, 0.3) is 0 Å². The van der Waals surface area contributed by atoms with Crippen molar-refractivity contribution in [2.75, 3.05) is 6.61 Å². The molecule has 0 saturated heterocycles. The quantitative estimate of drug-likeness (QED) is 0.793. The van der Waals surface area contributed by atoms with E-state index in [1.807, 2.05) is 18.2 Å². The molecule has 0 bridgehead atoms. The summed E-state index contributed by atoms with van der Waals surface area (Å²) in [6, 6.07) is 4.53. The van der Waals surface area contributed by atoms with Crippen LogP contribution in [0.5, 0.6) is 5.75 Å². The second kappa shape index (κ2) is 6.32. The predicted molar refractivity (Wildman–Crippen MR) is 88.8 cm³/mol. The molecule has 2 aromatic rings. The van der Waals surface area contributed by atoms with Gasteiger partial charge >= 0.3 is 11.7 Å². The maximum absolute atomic E-state index is 12.8. The summed E-state index contributed by atoms with van der Waals surface area (Å²) in [7, 11) is 0. The first-order chi connectivity index (χ1) is 12.5. The van der Waals surface area contributed by atoms with E-state index in [1.54, 1.807) is 0 Å². The molecule has 0 fully saturated rings. The minimum absolute atomic E-state index is 0.0113. The zero-order chi connectivity index (χ0) is 18.3. The average Bonchev–Trinajstić information content (AvgIpc) is 3.01. The van der Waals surface area contributed by atoms with Crippen molar-refractivity contribution in [2.24, 2.45) is 0 Å². The lowest BCUT2D eigenvalue weighted by Gasteiger charge is -2.32. The third-order valence-corrected chi connectivity index (χ3v) is 4.81. The molecule has 4 rings (SSSR count). The first-order valence-corrected chi connectivity index (χ1v) is 8.44. The van der Waals surface area contributed by atoms with Gasteiger partial charge in [-0.05, 0) is 30.0 Å². The molecule has 1 atom stereocenters. The lowest BCUT2D eigenvalue weighted by molar-refractivity contribution is -0.152. The van der Waals surface area contributed by atoms with Crippen molar-refractivity contribution in [3.63, 3.8) is 0 Å². The van der Waals surface area contributed by atoms with Gasteiger partial charge in [-0.25, -0.2) is 14.7 Å². The number of carbonyl (C=O) groups is 2. The molecule has 2 aliphatic rings. The van der Waals surface area contributed by atoms with E-state index in [4.69, 9.17) is 4.74 Å². The van der Waals surface area contributed by atoms with E-state index in [-0.39, 0.29) is 25.4 Å². The van der Waals surface area contributed by atoms with Gasteiger partial charge in [0, 0.05) is 0 Å². The molecule has 1 unspecified atom stereocenters. The minimum Gasteiger partial charge on any atom is -0.493 e. The van der Waals surface area contributed by atoms with E-state index in [9.17, 15) is 19.5 Å². The van der Waals surface area contributed by atoms with Crippen LogP contribution in [-0.2, 0) is 35.5 Å². The van der Waals surface area contributed by atoms with Crippen molar-refractivity contribution in [3.05, 3.63) is 45.6 Å². The molecule has 3 heterocycles. The SMILES string of the molecule is O=C(O)C1Cn2c(n[nH]c2=O)CN1C(=O)Cc1ccc2c(c1)CCCO2. The zero-order valence-electron chi connectivity index (χ0n) is 14.0. The van der Waals surface area contributed by atoms with Gasteiger partial charge < -0.3 is 14.7 Å². The van der Waals surface area contributed by atoms with Gasteiger partial charge in [0.25, 0.3) is 0 Å². The summed E-state index contributed by atoms with van der Waals surface area (Å²) < 4.78 is 6.84. The largest absolute Gasteiger partial charge is 0.493 e. The summed E-state index contributed by atoms with van der Waals surface area (Å²) >= 11 is 0. The Morgan fingerprint density at radius 2 is 2.23 bits per heavy atom. The molecule has 136 valence electrons. The highest BCUT2D eigenvalue weighted by Crippen LogP contribution is 2.26. The number of aromatic amines is 1. The van der Waals surface area contributed by atoms with Gasteiger partial charge in [0.15, 0.2) is 5.82 Å². The Morgan fingerprint density at radius 3 is 3.04 bits per heavy atom. The minimum atomic E-state index is -1.14. The van der Waals surface area contributed by atoms with Gasteiger partial charge in [-0.15, -0.1) is 0 Å². The summed E-state index contributed by atoms with van der Waals surface area (Å²) in [5.41, 5.74) is 1.41. The number of benzene rings is 1. The molecule has 1 amide bonds. The monoisotopic (exact) mass is 358 g/mol. The van der Waals surface area contributed by atoms with Gasteiger partial charge in [-0.3, -0.25) is 9.36 Å². The number of nitrogens with one attached hydrogen (secondary N) is 1. The van der Waals surface area contributed by atoms with E-state index in [2.05, 4.69) is 10.2 Å². The fourth-order valence-electron chi connectivity index (χ4n) is 3.47. The van der Waals surface area contributed by atoms with Crippen molar-refractivity contribution >= 4 is 11.9 Å². The number of aliphatic carboxylic acids is 1. The van der Waals surface area contributed by atoms with Gasteiger partial charge in [0.2, 0.25) is 5.91 Å². The number of carboxylic acid groups (broad SMARTS) is 1. The molecular weight excluding hydrogens is 340 g/mol. The number of hydrogen-bond acceptors (Lipinski definition) is 5. The number of aryl methyl sites for hydroxylation is 1. The normalized spacial score (nSPS) is 18.6. The lowest BCUT2D eigenvalue weighted by Crippen LogP contribution is -2.52. The van der Waals surface area contributed by atoms with Crippen LogP contribution >= 0.6 is 0 Å². The second-order valence-corrected chi connectivity index (χ2v) is 6.50. The molecule has 9 heteroatoms. The Bertz CT molecular complexity index is 931. The molecular formula is C17H18N4O5. The lowest BCUT2D eigenvalue weighted by atomic mass is 10.0. The van der Waals surface area contributed by atoms with Crippen LogP contribution < -0.4 is 10.4 Å². The molecule has 1 aromatic carbocycles. The number of amides is 1. The molecule has 0 radical (unpaired) electrons. The van der Waals surface area contributed by atoms with Crippen LogP contribution in [0.15, 0.2) is 23.0 Å². The summed E-state index contributed by atoms with van der Waals surface area (Å²) in [6.45, 7) is 0.580. The van der Waals surface area contributed by atoms with Gasteiger partial charge in [0.05, 0.1) is 26.1 Å². The Hall–Kier alpha value is -3.10. The molecule has 0 saturated carbocycles. The highest BCUT2D eigenvalue weighted by Gasteiger charge is 2.36. The van der Waals surface area contributed by atoms with Gasteiger partial charge in [-0.1, -0.05) is 12.1 Å². The van der Waals surface area contributed by atoms with E-state index in [0.29, 0.717) is 12.4 Å². The Balaban J connectivity index is 1.56. The summed E-state index contributed by atoms with van der Waals surface area (Å²) in [5.74, 6) is -0.249. The van der Waals surface area contributed by atoms with E-state index in [0.717, 1.165) is 29.7 Å². The highest BCUT2D eigenvalue weighted by atomic mass is 16.5. The van der Waals surface area contributed by atoms with E-state index in [1.165, 1.54) is 9.47 Å². The molecule has 2 aliphatic heterocycles. The van der Waals surface area contributed by atoms with Gasteiger partial charge in [-0.2, -0.15) is 5.10 Å². The van der Waals surface area contributed by atoms with Crippen molar-refractivity contribution in [1.29, 1.82) is 0 Å². The number of aromatic nitrogens is 3. The van der Waals surface area contributed by atoms with E-state index >= 15 is 0 Å². The smallest absolute Gasteiger partial charge is 0.343 e. The van der Waals surface area contributed by atoms with Crippen LogP contribution in [-0.4, -0.2) is 49.3 Å². The second-order valence-electron chi connectivity index (χ2n) is 6.50. The number of carbonyl (C=O) groups excluding carboxylic acids is 1. The summed E-state index contributed by atoms with van der Waals surface area (Å²) in [4.78, 5) is 37.3. The highest BCUT2D eigenvalue weighted by molar-refractivity contribution is 5.85. The first kappa shape index (κ1) is 16.4. The predicted octanol–water partition coefficient (Wildman–Crippen LogP) is -0.0655. The number of rotatable bonds is 3. The third kappa shape index (κ3) is 2.85. The number of nitrogens with zero attached hydrogens (tertiary/aromatic N) is 3. The van der Waals surface area contributed by atoms with Crippen LogP contribution in [0.1, 0.15) is 23.4 Å². The third-order valence-electron chi connectivity index (χ3n) is 4.81.